The van der Waals surface area contributed by atoms with E-state index in [0.29, 0.717) is 17.3 Å². The molecule has 3 nitrogen and oxygen atoms in total. The Morgan fingerprint density at radius 3 is 2.38 bits per heavy atom. The van der Waals surface area contributed by atoms with Crippen molar-refractivity contribution in [2.45, 2.75) is 6.42 Å². The summed E-state index contributed by atoms with van der Waals surface area (Å²) < 4.78 is 12.7. The highest BCUT2D eigenvalue weighted by molar-refractivity contribution is 6.30. The van der Waals surface area contributed by atoms with Crippen molar-refractivity contribution < 1.29 is 9.18 Å². The van der Waals surface area contributed by atoms with E-state index < -0.39 is 0 Å². The largest absolute Gasteiger partial charge is 0.376 e. The lowest BCUT2D eigenvalue weighted by Crippen LogP contribution is -2.31. The highest BCUT2D eigenvalue weighted by Crippen LogP contribution is 2.09. The quantitative estimate of drug-likeness (QED) is 0.860. The molecule has 0 aliphatic carbocycles. The molecule has 0 unspecified atom stereocenters. The third-order valence-electron chi connectivity index (χ3n) is 2.95. The van der Waals surface area contributed by atoms with E-state index in [1.807, 2.05) is 24.3 Å². The lowest BCUT2D eigenvalue weighted by Gasteiger charge is -2.08. The van der Waals surface area contributed by atoms with Gasteiger partial charge in [-0.05, 0) is 48.4 Å². The summed E-state index contributed by atoms with van der Waals surface area (Å²) >= 11 is 5.80. The van der Waals surface area contributed by atoms with Crippen LogP contribution in [0.5, 0.6) is 0 Å². The minimum atomic E-state index is -0.298. The molecule has 0 spiro atoms. The summed E-state index contributed by atoms with van der Waals surface area (Å²) in [5, 5.41) is 6.45. The molecule has 2 rings (SSSR count). The summed E-state index contributed by atoms with van der Waals surface area (Å²) in [4.78, 5) is 11.7. The van der Waals surface area contributed by atoms with Gasteiger partial charge in [0.05, 0.1) is 6.54 Å². The molecule has 110 valence electrons. The molecular formula is C16H16ClFN2O. The number of hydrogen-bond acceptors (Lipinski definition) is 2. The van der Waals surface area contributed by atoms with Crippen LogP contribution in [0, 0.1) is 5.82 Å². The van der Waals surface area contributed by atoms with Crippen LogP contribution in [0.25, 0.3) is 0 Å². The van der Waals surface area contributed by atoms with Crippen molar-refractivity contribution in [2.24, 2.45) is 0 Å². The molecule has 5 heteroatoms. The molecule has 0 aromatic heterocycles. The first-order chi connectivity index (χ1) is 10.1. The van der Waals surface area contributed by atoms with Gasteiger partial charge in [-0.25, -0.2) is 4.39 Å². The fourth-order valence-electron chi connectivity index (χ4n) is 1.81. The van der Waals surface area contributed by atoms with Crippen molar-refractivity contribution in [1.82, 2.24) is 5.32 Å². The average Bonchev–Trinajstić information content (AvgIpc) is 2.49. The molecule has 0 aliphatic heterocycles. The first-order valence-electron chi connectivity index (χ1n) is 6.64. The normalized spacial score (nSPS) is 10.2. The topological polar surface area (TPSA) is 41.1 Å². The van der Waals surface area contributed by atoms with Crippen molar-refractivity contribution in [3.05, 3.63) is 64.9 Å². The summed E-state index contributed by atoms with van der Waals surface area (Å²) in [6.45, 7) is 0.720. The van der Waals surface area contributed by atoms with Gasteiger partial charge in [0.15, 0.2) is 0 Å². The number of nitrogens with one attached hydrogen (secondary N) is 2. The molecule has 0 radical (unpaired) electrons. The van der Waals surface area contributed by atoms with Crippen LogP contribution >= 0.6 is 11.6 Å². The van der Waals surface area contributed by atoms with Gasteiger partial charge >= 0.3 is 0 Å². The van der Waals surface area contributed by atoms with Gasteiger partial charge in [-0.3, -0.25) is 4.79 Å². The minimum absolute atomic E-state index is 0.103. The molecule has 2 aromatic carbocycles. The number of carbonyl (C=O) groups is 1. The Hall–Kier alpha value is -2.07. The Bertz CT molecular complexity index is 584. The number of amides is 1. The van der Waals surface area contributed by atoms with Crippen LogP contribution in [0.1, 0.15) is 5.56 Å². The van der Waals surface area contributed by atoms with Crippen LogP contribution in [0.2, 0.25) is 5.02 Å². The molecule has 0 fully saturated rings. The predicted octanol–water partition coefficient (Wildman–Crippen LogP) is 3.25. The summed E-state index contributed by atoms with van der Waals surface area (Å²) in [6.07, 6.45) is 0.749. The lowest BCUT2D eigenvalue weighted by molar-refractivity contribution is -0.119. The van der Waals surface area contributed by atoms with E-state index in [1.165, 1.54) is 12.1 Å². The second-order valence-electron chi connectivity index (χ2n) is 4.59. The molecule has 0 heterocycles. The first kappa shape index (κ1) is 15.3. The summed E-state index contributed by atoms with van der Waals surface area (Å²) in [5.41, 5.74) is 1.83. The summed E-state index contributed by atoms with van der Waals surface area (Å²) in [6, 6.07) is 13.4. The fourth-order valence-corrected chi connectivity index (χ4v) is 1.94. The molecule has 2 N–H and O–H groups in total. The van der Waals surface area contributed by atoms with Crippen molar-refractivity contribution in [3.8, 4) is 0 Å². The molecule has 0 bridgehead atoms. The molecular weight excluding hydrogens is 291 g/mol. The molecule has 0 aliphatic rings. The van der Waals surface area contributed by atoms with Crippen LogP contribution in [-0.2, 0) is 11.2 Å². The van der Waals surface area contributed by atoms with E-state index in [1.54, 1.807) is 12.1 Å². The maximum atomic E-state index is 12.7. The number of halogens is 2. The second kappa shape index (κ2) is 7.64. The van der Waals surface area contributed by atoms with Crippen molar-refractivity contribution in [1.29, 1.82) is 0 Å². The first-order valence-corrected chi connectivity index (χ1v) is 7.02. The zero-order chi connectivity index (χ0) is 15.1. The van der Waals surface area contributed by atoms with Crippen molar-refractivity contribution in [2.75, 3.05) is 18.4 Å². The van der Waals surface area contributed by atoms with Gasteiger partial charge < -0.3 is 10.6 Å². The smallest absolute Gasteiger partial charge is 0.239 e. The van der Waals surface area contributed by atoms with Crippen LogP contribution in [0.3, 0.4) is 0 Å². The van der Waals surface area contributed by atoms with Gasteiger partial charge in [-0.1, -0.05) is 23.7 Å². The zero-order valence-electron chi connectivity index (χ0n) is 11.4. The maximum Gasteiger partial charge on any atom is 0.239 e. The summed E-state index contributed by atoms with van der Waals surface area (Å²) in [5.74, 6) is -0.402. The number of rotatable bonds is 6. The molecule has 1 amide bonds. The standard InChI is InChI=1S/C16H16ClFN2O/c17-13-3-1-12(2-4-13)9-10-19-16(21)11-20-15-7-5-14(18)6-8-15/h1-8,20H,9-11H2,(H,19,21). The highest BCUT2D eigenvalue weighted by atomic mass is 35.5. The zero-order valence-corrected chi connectivity index (χ0v) is 12.2. The minimum Gasteiger partial charge on any atom is -0.376 e. The number of anilines is 1. The van der Waals surface area contributed by atoms with Crippen LogP contribution in [0.4, 0.5) is 10.1 Å². The van der Waals surface area contributed by atoms with Crippen molar-refractivity contribution in [3.63, 3.8) is 0 Å². The van der Waals surface area contributed by atoms with Gasteiger partial charge in [-0.2, -0.15) is 0 Å². The molecule has 0 saturated heterocycles. The third kappa shape index (κ3) is 5.44. The number of benzene rings is 2. The van der Waals surface area contributed by atoms with Gasteiger partial charge in [0.2, 0.25) is 5.91 Å². The molecule has 21 heavy (non-hydrogen) atoms. The number of hydrogen-bond donors (Lipinski definition) is 2. The molecule has 0 atom stereocenters. The fraction of sp³-hybridized carbons (Fsp3) is 0.188. The lowest BCUT2D eigenvalue weighted by atomic mass is 10.1. The van der Waals surface area contributed by atoms with Crippen LogP contribution in [0.15, 0.2) is 48.5 Å². The summed E-state index contributed by atoms with van der Waals surface area (Å²) in [7, 11) is 0. The monoisotopic (exact) mass is 306 g/mol. The van der Waals surface area contributed by atoms with E-state index in [2.05, 4.69) is 10.6 Å². The average molecular weight is 307 g/mol. The van der Waals surface area contributed by atoms with E-state index in [4.69, 9.17) is 11.6 Å². The third-order valence-corrected chi connectivity index (χ3v) is 3.20. The van der Waals surface area contributed by atoms with Gasteiger partial charge in [-0.15, -0.1) is 0 Å². The van der Waals surface area contributed by atoms with E-state index >= 15 is 0 Å². The second-order valence-corrected chi connectivity index (χ2v) is 5.02. The SMILES string of the molecule is O=C(CNc1ccc(F)cc1)NCCc1ccc(Cl)cc1. The van der Waals surface area contributed by atoms with Crippen LogP contribution in [-0.4, -0.2) is 19.0 Å². The van der Waals surface area contributed by atoms with Crippen LogP contribution < -0.4 is 10.6 Å². The van der Waals surface area contributed by atoms with E-state index in [-0.39, 0.29) is 18.3 Å². The Labute approximate surface area is 128 Å². The van der Waals surface area contributed by atoms with E-state index in [9.17, 15) is 9.18 Å². The van der Waals surface area contributed by atoms with Gasteiger partial charge in [0, 0.05) is 17.3 Å². The molecule has 0 saturated carbocycles. The van der Waals surface area contributed by atoms with Gasteiger partial charge in [0.1, 0.15) is 5.82 Å². The Morgan fingerprint density at radius 1 is 1.05 bits per heavy atom. The Morgan fingerprint density at radius 2 is 1.71 bits per heavy atom. The maximum absolute atomic E-state index is 12.7. The van der Waals surface area contributed by atoms with Crippen molar-refractivity contribution >= 4 is 23.2 Å². The number of carbonyl (C=O) groups excluding carboxylic acids is 1. The highest BCUT2D eigenvalue weighted by Gasteiger charge is 2.01. The predicted molar refractivity (Wildman–Crippen MR) is 83.1 cm³/mol. The molecule has 2 aromatic rings. The van der Waals surface area contributed by atoms with E-state index in [0.717, 1.165) is 12.0 Å². The van der Waals surface area contributed by atoms with Gasteiger partial charge in [0.25, 0.3) is 0 Å². The Kier molecular flexibility index (Phi) is 5.58. The Balaban J connectivity index is 1.67.